The lowest BCUT2D eigenvalue weighted by Gasteiger charge is -2.40. The molecule has 2 rings (SSSR count). The summed E-state index contributed by atoms with van der Waals surface area (Å²) in [6, 6.07) is 7.24. The Morgan fingerprint density at radius 3 is 2.94 bits per heavy atom. The van der Waals surface area contributed by atoms with Crippen molar-refractivity contribution in [2.45, 2.75) is 31.7 Å². The summed E-state index contributed by atoms with van der Waals surface area (Å²) in [5.41, 5.74) is 0. The minimum absolute atomic E-state index is 0.0755. The van der Waals surface area contributed by atoms with E-state index >= 15 is 0 Å². The van der Waals surface area contributed by atoms with Crippen LogP contribution in [0.15, 0.2) is 24.3 Å². The number of rotatable bonds is 4. The topological polar surface area (TPSA) is 38.7 Å². The van der Waals surface area contributed by atoms with Crippen molar-refractivity contribution in [2.75, 3.05) is 6.61 Å². The predicted molar refractivity (Wildman–Crippen MR) is 61.9 cm³/mol. The highest BCUT2D eigenvalue weighted by molar-refractivity contribution is 6.30. The zero-order valence-electron chi connectivity index (χ0n) is 9.10. The third-order valence-corrected chi connectivity index (χ3v) is 2.90. The van der Waals surface area contributed by atoms with Crippen LogP contribution in [-0.4, -0.2) is 30.0 Å². The molecule has 1 saturated carbocycles. The highest BCUT2D eigenvalue weighted by atomic mass is 35.5. The quantitative estimate of drug-likeness (QED) is 0.880. The molecule has 1 aromatic carbocycles. The van der Waals surface area contributed by atoms with Crippen molar-refractivity contribution in [1.82, 2.24) is 0 Å². The molecular weight excluding hydrogens is 228 g/mol. The van der Waals surface area contributed by atoms with Gasteiger partial charge in [0, 0.05) is 18.1 Å². The van der Waals surface area contributed by atoms with Crippen molar-refractivity contribution < 1.29 is 14.6 Å². The van der Waals surface area contributed by atoms with E-state index in [4.69, 9.17) is 21.1 Å². The minimum atomic E-state index is -0.413. The summed E-state index contributed by atoms with van der Waals surface area (Å²) in [6.07, 6.45) is -0.0986. The minimum Gasteiger partial charge on any atom is -0.487 e. The van der Waals surface area contributed by atoms with Crippen molar-refractivity contribution in [3.05, 3.63) is 29.3 Å². The van der Waals surface area contributed by atoms with E-state index in [1.807, 2.05) is 19.1 Å². The first-order valence-corrected chi connectivity index (χ1v) is 5.80. The van der Waals surface area contributed by atoms with Gasteiger partial charge in [0.1, 0.15) is 18.0 Å². The van der Waals surface area contributed by atoms with Crippen molar-refractivity contribution in [2.24, 2.45) is 0 Å². The van der Waals surface area contributed by atoms with Gasteiger partial charge >= 0.3 is 0 Å². The Morgan fingerprint density at radius 2 is 2.31 bits per heavy atom. The third-order valence-electron chi connectivity index (χ3n) is 2.66. The summed E-state index contributed by atoms with van der Waals surface area (Å²) < 4.78 is 11.1. The lowest BCUT2D eigenvalue weighted by Crippen LogP contribution is -2.55. The van der Waals surface area contributed by atoms with Gasteiger partial charge in [0.25, 0.3) is 0 Å². The van der Waals surface area contributed by atoms with E-state index in [2.05, 4.69) is 0 Å². The van der Waals surface area contributed by atoms with Crippen molar-refractivity contribution in [3.8, 4) is 5.75 Å². The number of halogens is 1. The summed E-state index contributed by atoms with van der Waals surface area (Å²) in [4.78, 5) is 0. The van der Waals surface area contributed by atoms with Crippen LogP contribution in [0.25, 0.3) is 0 Å². The van der Waals surface area contributed by atoms with Crippen LogP contribution in [0.3, 0.4) is 0 Å². The summed E-state index contributed by atoms with van der Waals surface area (Å²) in [5, 5.41) is 10.2. The molecule has 1 fully saturated rings. The van der Waals surface area contributed by atoms with Crippen LogP contribution < -0.4 is 4.74 Å². The summed E-state index contributed by atoms with van der Waals surface area (Å²) >= 11 is 5.86. The average Bonchev–Trinajstić information content (AvgIpc) is 2.26. The number of aliphatic hydroxyl groups is 1. The maximum Gasteiger partial charge on any atom is 0.130 e. The van der Waals surface area contributed by atoms with Crippen molar-refractivity contribution >= 4 is 11.6 Å². The van der Waals surface area contributed by atoms with Gasteiger partial charge in [-0.05, 0) is 25.1 Å². The van der Waals surface area contributed by atoms with E-state index in [0.717, 1.165) is 0 Å². The standard InChI is InChI=1S/C12H15ClO3/c1-2-15-12-10(14)7-11(12)16-9-5-3-4-8(13)6-9/h3-6,10-12,14H,2,7H2,1H3. The molecule has 1 aliphatic carbocycles. The predicted octanol–water partition coefficient (Wildman–Crippen LogP) is 2.26. The van der Waals surface area contributed by atoms with Crippen LogP contribution in [0, 0.1) is 0 Å². The molecule has 0 aliphatic heterocycles. The van der Waals surface area contributed by atoms with Crippen LogP contribution >= 0.6 is 11.6 Å². The Kier molecular flexibility index (Phi) is 3.69. The molecule has 3 unspecified atom stereocenters. The van der Waals surface area contributed by atoms with Crippen LogP contribution in [0.4, 0.5) is 0 Å². The number of ether oxygens (including phenoxy) is 2. The van der Waals surface area contributed by atoms with Crippen LogP contribution in [-0.2, 0) is 4.74 Å². The fraction of sp³-hybridized carbons (Fsp3) is 0.500. The molecule has 0 amide bonds. The lowest BCUT2D eigenvalue weighted by atomic mass is 9.88. The number of hydrogen-bond acceptors (Lipinski definition) is 3. The van der Waals surface area contributed by atoms with Gasteiger partial charge in [0.05, 0.1) is 6.10 Å². The maximum absolute atomic E-state index is 9.51. The average molecular weight is 243 g/mol. The second kappa shape index (κ2) is 5.04. The zero-order valence-corrected chi connectivity index (χ0v) is 9.85. The van der Waals surface area contributed by atoms with Gasteiger partial charge in [-0.1, -0.05) is 17.7 Å². The summed E-state index contributed by atoms with van der Waals surface area (Å²) in [6.45, 7) is 2.48. The Balaban J connectivity index is 1.95. The van der Waals surface area contributed by atoms with Crippen LogP contribution in [0.1, 0.15) is 13.3 Å². The smallest absolute Gasteiger partial charge is 0.130 e. The Morgan fingerprint density at radius 1 is 1.50 bits per heavy atom. The molecule has 0 saturated heterocycles. The Labute approximate surface area is 99.9 Å². The lowest BCUT2D eigenvalue weighted by molar-refractivity contribution is -0.160. The fourth-order valence-corrected chi connectivity index (χ4v) is 1.98. The van der Waals surface area contributed by atoms with Crippen molar-refractivity contribution in [1.29, 1.82) is 0 Å². The largest absolute Gasteiger partial charge is 0.487 e. The molecule has 16 heavy (non-hydrogen) atoms. The zero-order chi connectivity index (χ0) is 11.5. The van der Waals surface area contributed by atoms with Gasteiger partial charge in [-0.15, -0.1) is 0 Å². The monoisotopic (exact) mass is 242 g/mol. The molecule has 0 spiro atoms. The van der Waals surface area contributed by atoms with E-state index in [0.29, 0.717) is 23.8 Å². The van der Waals surface area contributed by atoms with E-state index in [1.54, 1.807) is 12.1 Å². The van der Waals surface area contributed by atoms with E-state index < -0.39 is 6.10 Å². The number of hydrogen-bond donors (Lipinski definition) is 1. The van der Waals surface area contributed by atoms with E-state index in [-0.39, 0.29) is 12.2 Å². The van der Waals surface area contributed by atoms with Gasteiger partial charge in [0.15, 0.2) is 0 Å². The van der Waals surface area contributed by atoms with Gasteiger partial charge in [-0.3, -0.25) is 0 Å². The molecule has 0 radical (unpaired) electrons. The third kappa shape index (κ3) is 2.48. The first kappa shape index (κ1) is 11.7. The maximum atomic E-state index is 9.51. The summed E-state index contributed by atoms with van der Waals surface area (Å²) in [7, 11) is 0. The first-order valence-electron chi connectivity index (χ1n) is 5.42. The number of aliphatic hydroxyl groups excluding tert-OH is 1. The molecule has 1 N–H and O–H groups in total. The highest BCUT2D eigenvalue weighted by Gasteiger charge is 2.42. The van der Waals surface area contributed by atoms with Crippen LogP contribution in [0.2, 0.25) is 5.02 Å². The normalized spacial score (nSPS) is 28.6. The fourth-order valence-electron chi connectivity index (χ4n) is 1.80. The number of benzene rings is 1. The van der Waals surface area contributed by atoms with Gasteiger partial charge < -0.3 is 14.6 Å². The van der Waals surface area contributed by atoms with Gasteiger partial charge in [-0.2, -0.15) is 0 Å². The Bertz CT molecular complexity index is 356. The molecule has 3 atom stereocenters. The molecule has 88 valence electrons. The molecule has 1 aliphatic rings. The Hall–Kier alpha value is -0.770. The molecule has 0 heterocycles. The van der Waals surface area contributed by atoms with Crippen LogP contribution in [0.5, 0.6) is 5.75 Å². The van der Waals surface area contributed by atoms with E-state index in [1.165, 1.54) is 0 Å². The molecule has 3 nitrogen and oxygen atoms in total. The molecule has 0 aromatic heterocycles. The molecule has 1 aromatic rings. The molecule has 0 bridgehead atoms. The van der Waals surface area contributed by atoms with Gasteiger partial charge in [-0.25, -0.2) is 0 Å². The second-order valence-corrected chi connectivity index (χ2v) is 4.27. The second-order valence-electron chi connectivity index (χ2n) is 3.84. The van der Waals surface area contributed by atoms with Crippen molar-refractivity contribution in [3.63, 3.8) is 0 Å². The van der Waals surface area contributed by atoms with Gasteiger partial charge in [0.2, 0.25) is 0 Å². The molecular formula is C12H15ClO3. The summed E-state index contributed by atoms with van der Waals surface area (Å²) in [5.74, 6) is 0.717. The first-order chi connectivity index (χ1) is 7.70. The highest BCUT2D eigenvalue weighted by Crippen LogP contribution is 2.29. The molecule has 4 heteroatoms. The SMILES string of the molecule is CCOC1C(O)CC1Oc1cccc(Cl)c1. The van der Waals surface area contributed by atoms with E-state index in [9.17, 15) is 5.11 Å².